The second-order valence-corrected chi connectivity index (χ2v) is 9.92. The van der Waals surface area contributed by atoms with Crippen LogP contribution in [-0.2, 0) is 17.2 Å². The summed E-state index contributed by atoms with van der Waals surface area (Å²) < 4.78 is 76.4. The van der Waals surface area contributed by atoms with E-state index in [2.05, 4.69) is 10.1 Å². The van der Waals surface area contributed by atoms with Crippen molar-refractivity contribution in [1.29, 1.82) is 0 Å². The Bertz CT molecular complexity index is 1030. The summed E-state index contributed by atoms with van der Waals surface area (Å²) in [5, 5.41) is 3.20. The van der Waals surface area contributed by atoms with Gasteiger partial charge in [-0.1, -0.05) is 30.3 Å². The lowest BCUT2D eigenvalue weighted by Crippen LogP contribution is -2.51. The highest BCUT2D eigenvalue weighted by Crippen LogP contribution is 2.36. The fraction of sp³-hybridized carbons (Fsp3) is 0.500. The molecule has 0 aliphatic carbocycles. The maximum atomic E-state index is 13.9. The van der Waals surface area contributed by atoms with Crippen molar-refractivity contribution in [2.75, 3.05) is 6.54 Å². The summed E-state index contributed by atoms with van der Waals surface area (Å²) in [6.07, 6.45) is -4.25. The van der Waals surface area contributed by atoms with Crippen molar-refractivity contribution in [3.8, 4) is 5.75 Å². The fourth-order valence-corrected chi connectivity index (χ4v) is 4.25. The zero-order valence-electron chi connectivity index (χ0n) is 20.7. The monoisotopic (exact) mass is 514 g/mol. The van der Waals surface area contributed by atoms with Crippen LogP contribution in [0.25, 0.3) is 0 Å². The molecule has 1 fully saturated rings. The number of piperidine rings is 1. The average Bonchev–Trinajstić information content (AvgIpc) is 2.75. The van der Waals surface area contributed by atoms with E-state index in [-0.39, 0.29) is 18.2 Å². The normalized spacial score (nSPS) is 19.2. The third kappa shape index (κ3) is 7.56. The van der Waals surface area contributed by atoms with Crippen LogP contribution in [0.15, 0.2) is 48.5 Å². The van der Waals surface area contributed by atoms with Crippen LogP contribution < -0.4 is 10.1 Å². The van der Waals surface area contributed by atoms with Gasteiger partial charge in [0, 0.05) is 37.2 Å². The van der Waals surface area contributed by atoms with Gasteiger partial charge in [-0.25, -0.2) is 13.6 Å². The molecule has 10 heteroatoms. The number of amides is 1. The van der Waals surface area contributed by atoms with Crippen molar-refractivity contribution < 1.29 is 36.2 Å². The molecule has 1 saturated heterocycles. The lowest BCUT2D eigenvalue weighted by atomic mass is 9.90. The van der Waals surface area contributed by atoms with Gasteiger partial charge in [-0.05, 0) is 57.4 Å². The molecule has 36 heavy (non-hydrogen) atoms. The van der Waals surface area contributed by atoms with Gasteiger partial charge >= 0.3 is 12.5 Å². The van der Waals surface area contributed by atoms with Gasteiger partial charge in [0.05, 0.1) is 6.04 Å². The van der Waals surface area contributed by atoms with E-state index < -0.39 is 41.3 Å². The van der Waals surface area contributed by atoms with Crippen molar-refractivity contribution in [2.45, 2.75) is 77.1 Å². The molecular weight excluding hydrogens is 483 g/mol. The predicted molar refractivity (Wildman–Crippen MR) is 125 cm³/mol. The third-order valence-corrected chi connectivity index (χ3v) is 5.75. The molecule has 0 aromatic heterocycles. The fourth-order valence-electron chi connectivity index (χ4n) is 4.25. The molecule has 3 rings (SSSR count). The number of halogens is 5. The maximum absolute atomic E-state index is 13.9. The van der Waals surface area contributed by atoms with Gasteiger partial charge in [0.15, 0.2) is 0 Å². The summed E-state index contributed by atoms with van der Waals surface area (Å²) in [6, 6.07) is 11.2. The Morgan fingerprint density at radius 3 is 2.28 bits per heavy atom. The quantitative estimate of drug-likeness (QED) is 0.425. The molecule has 0 bridgehead atoms. The molecule has 2 atom stereocenters. The topological polar surface area (TPSA) is 50.8 Å². The number of alkyl halides is 5. The number of benzene rings is 2. The van der Waals surface area contributed by atoms with E-state index in [1.807, 2.05) is 30.3 Å². The highest BCUT2D eigenvalue weighted by Gasteiger charge is 2.38. The second kappa shape index (κ2) is 10.6. The first-order valence-electron chi connectivity index (χ1n) is 11.7. The Morgan fingerprint density at radius 1 is 1.03 bits per heavy atom. The third-order valence-electron chi connectivity index (χ3n) is 5.75. The lowest BCUT2D eigenvalue weighted by Gasteiger charge is -2.42. The van der Waals surface area contributed by atoms with Crippen LogP contribution in [0, 0.1) is 0 Å². The number of ether oxygens (including phenoxy) is 2. The van der Waals surface area contributed by atoms with E-state index in [0.29, 0.717) is 26.3 Å². The van der Waals surface area contributed by atoms with Gasteiger partial charge < -0.3 is 14.8 Å². The molecule has 1 aliphatic heterocycles. The minimum Gasteiger partial charge on any atom is -0.444 e. The van der Waals surface area contributed by atoms with Crippen LogP contribution in [-0.4, -0.2) is 35.5 Å². The van der Waals surface area contributed by atoms with Gasteiger partial charge in [0.25, 0.3) is 5.92 Å². The van der Waals surface area contributed by atoms with Crippen LogP contribution in [0.4, 0.5) is 26.7 Å². The zero-order chi connectivity index (χ0) is 26.7. The minimum absolute atomic E-state index is 0.0625. The molecule has 0 saturated carbocycles. The minimum atomic E-state index is -4.98. The number of rotatable bonds is 6. The van der Waals surface area contributed by atoms with Gasteiger partial charge in [-0.3, -0.25) is 4.90 Å². The van der Waals surface area contributed by atoms with Crippen molar-refractivity contribution in [2.24, 2.45) is 0 Å². The summed E-state index contributed by atoms with van der Waals surface area (Å²) in [4.78, 5) is 14.6. The molecule has 5 nitrogen and oxygen atoms in total. The SMILES string of the molecule is CC(C)(C)OC(=O)N1CCC[C@H](NCc2cc(C(C)(F)F)ccc2OC(F)(F)F)[C@@H]1c1ccccc1. The molecule has 2 aromatic rings. The van der Waals surface area contributed by atoms with Crippen molar-refractivity contribution >= 4 is 6.09 Å². The smallest absolute Gasteiger partial charge is 0.444 e. The van der Waals surface area contributed by atoms with Crippen LogP contribution in [0.5, 0.6) is 5.75 Å². The van der Waals surface area contributed by atoms with E-state index in [9.17, 15) is 26.7 Å². The van der Waals surface area contributed by atoms with Gasteiger partial charge in [0.1, 0.15) is 11.4 Å². The molecule has 0 radical (unpaired) electrons. The van der Waals surface area contributed by atoms with Crippen LogP contribution >= 0.6 is 0 Å². The van der Waals surface area contributed by atoms with Crippen LogP contribution in [0.1, 0.15) is 63.3 Å². The van der Waals surface area contributed by atoms with E-state index >= 15 is 0 Å². The molecule has 198 valence electrons. The Kier molecular flexibility index (Phi) is 8.17. The Hall–Kier alpha value is -2.88. The van der Waals surface area contributed by atoms with Crippen LogP contribution in [0.2, 0.25) is 0 Å². The standard InChI is InChI=1S/C26H31F5N2O3/c1-24(2,3)36-23(34)33-14-8-11-20(22(33)17-9-6-5-7-10-17)32-16-18-15-19(25(4,27)28)12-13-21(18)35-26(29,30)31/h5-7,9-10,12-13,15,20,22,32H,8,11,14,16H2,1-4H3/t20-,22-/m0/s1. The first-order chi connectivity index (χ1) is 16.6. The second-order valence-electron chi connectivity index (χ2n) is 9.92. The van der Waals surface area contributed by atoms with Gasteiger partial charge in [-0.15, -0.1) is 13.2 Å². The van der Waals surface area contributed by atoms with E-state index in [1.165, 1.54) is 0 Å². The maximum Gasteiger partial charge on any atom is 0.573 e. The number of carbonyl (C=O) groups is 1. The molecular formula is C26H31F5N2O3. The molecule has 1 N–H and O–H groups in total. The van der Waals surface area contributed by atoms with Crippen molar-refractivity contribution in [3.05, 3.63) is 65.2 Å². The highest BCUT2D eigenvalue weighted by molar-refractivity contribution is 5.69. The highest BCUT2D eigenvalue weighted by atomic mass is 19.4. The van der Waals surface area contributed by atoms with Crippen molar-refractivity contribution in [3.63, 3.8) is 0 Å². The molecule has 2 aromatic carbocycles. The Balaban J connectivity index is 1.91. The van der Waals surface area contributed by atoms with Crippen LogP contribution in [0.3, 0.4) is 0 Å². The van der Waals surface area contributed by atoms with Gasteiger partial charge in [0.2, 0.25) is 0 Å². The summed E-state index contributed by atoms with van der Waals surface area (Å²) in [7, 11) is 0. The number of nitrogens with zero attached hydrogens (tertiary/aromatic N) is 1. The average molecular weight is 515 g/mol. The van der Waals surface area contributed by atoms with E-state index in [4.69, 9.17) is 4.74 Å². The van der Waals surface area contributed by atoms with E-state index in [0.717, 1.165) is 23.8 Å². The lowest BCUT2D eigenvalue weighted by molar-refractivity contribution is -0.274. The number of hydrogen-bond donors (Lipinski definition) is 1. The Morgan fingerprint density at radius 2 is 1.69 bits per heavy atom. The molecule has 1 aliphatic rings. The largest absolute Gasteiger partial charge is 0.573 e. The summed E-state index contributed by atoms with van der Waals surface area (Å²) >= 11 is 0. The molecule has 0 unspecified atom stereocenters. The summed E-state index contributed by atoms with van der Waals surface area (Å²) in [5.74, 6) is -3.80. The zero-order valence-corrected chi connectivity index (χ0v) is 20.7. The molecule has 1 heterocycles. The molecule has 0 spiro atoms. The molecule has 1 amide bonds. The Labute approximate surface area is 207 Å². The van der Waals surface area contributed by atoms with E-state index in [1.54, 1.807) is 25.7 Å². The van der Waals surface area contributed by atoms with Gasteiger partial charge in [-0.2, -0.15) is 0 Å². The number of likely N-dealkylation sites (tertiary alicyclic amines) is 1. The predicted octanol–water partition coefficient (Wildman–Crippen LogP) is 6.93. The first-order valence-corrected chi connectivity index (χ1v) is 11.7. The summed E-state index contributed by atoms with van der Waals surface area (Å²) in [5.41, 5.74) is -0.380. The summed E-state index contributed by atoms with van der Waals surface area (Å²) in [6.45, 7) is 6.23. The number of hydrogen-bond acceptors (Lipinski definition) is 4. The first kappa shape index (κ1) is 27.7. The van der Waals surface area contributed by atoms with Crippen molar-refractivity contribution in [1.82, 2.24) is 10.2 Å². The number of carbonyl (C=O) groups excluding carboxylic acids is 1. The number of nitrogens with one attached hydrogen (secondary N) is 1.